The number of amides is 2. The summed E-state index contributed by atoms with van der Waals surface area (Å²) >= 11 is 12.4. The lowest BCUT2D eigenvalue weighted by atomic mass is 9.89. The van der Waals surface area contributed by atoms with E-state index in [0.29, 0.717) is 22.2 Å². The minimum absolute atomic E-state index is 0.0202. The molecule has 1 saturated heterocycles. The normalized spacial score (nSPS) is 22.1. The number of morpholine rings is 1. The molecule has 4 rings (SSSR count). The highest BCUT2D eigenvalue weighted by atomic mass is 35.5. The fraction of sp³-hybridized carbons (Fsp3) is 0.333. The van der Waals surface area contributed by atoms with E-state index in [2.05, 4.69) is 5.32 Å². The van der Waals surface area contributed by atoms with E-state index in [1.54, 1.807) is 23.1 Å². The summed E-state index contributed by atoms with van der Waals surface area (Å²) < 4.78 is 6.08. The van der Waals surface area contributed by atoms with E-state index in [4.69, 9.17) is 27.9 Å². The molecule has 162 valence electrons. The van der Waals surface area contributed by atoms with Crippen molar-refractivity contribution in [3.05, 3.63) is 75.5 Å². The SMILES string of the molecule is O=C(CN1C(=O)/C(=C\c2ccccc2Cl)OC2CCCCC21)NCc1ccccc1Cl. The van der Waals surface area contributed by atoms with Crippen LogP contribution in [0.1, 0.15) is 36.8 Å². The van der Waals surface area contributed by atoms with Crippen LogP contribution in [0.2, 0.25) is 10.0 Å². The molecule has 2 unspecified atom stereocenters. The Labute approximate surface area is 192 Å². The molecule has 0 radical (unpaired) electrons. The summed E-state index contributed by atoms with van der Waals surface area (Å²) in [5.74, 6) is -0.275. The average molecular weight is 459 g/mol. The van der Waals surface area contributed by atoms with Gasteiger partial charge in [-0.05, 0) is 48.6 Å². The van der Waals surface area contributed by atoms with Crippen molar-refractivity contribution in [2.75, 3.05) is 6.54 Å². The molecule has 2 fully saturated rings. The Bertz CT molecular complexity index is 1010. The van der Waals surface area contributed by atoms with Crippen LogP contribution in [-0.2, 0) is 20.9 Å². The van der Waals surface area contributed by atoms with Gasteiger partial charge in [0.25, 0.3) is 5.91 Å². The number of nitrogens with zero attached hydrogens (tertiary/aromatic N) is 1. The molecule has 1 N–H and O–H groups in total. The predicted octanol–water partition coefficient (Wildman–Crippen LogP) is 4.82. The number of halogens is 2. The van der Waals surface area contributed by atoms with Gasteiger partial charge in [0.05, 0.1) is 6.04 Å². The highest BCUT2D eigenvalue weighted by Gasteiger charge is 2.42. The molecule has 1 heterocycles. The van der Waals surface area contributed by atoms with E-state index in [1.807, 2.05) is 36.4 Å². The van der Waals surface area contributed by atoms with E-state index in [0.717, 1.165) is 31.2 Å². The van der Waals surface area contributed by atoms with E-state index >= 15 is 0 Å². The van der Waals surface area contributed by atoms with Crippen LogP contribution >= 0.6 is 23.2 Å². The van der Waals surface area contributed by atoms with Crippen molar-refractivity contribution in [3.63, 3.8) is 0 Å². The first-order chi connectivity index (χ1) is 15.0. The van der Waals surface area contributed by atoms with Crippen LogP contribution in [0.4, 0.5) is 0 Å². The number of carbonyl (C=O) groups excluding carboxylic acids is 2. The van der Waals surface area contributed by atoms with Crippen molar-refractivity contribution in [1.29, 1.82) is 0 Å². The number of nitrogens with one attached hydrogen (secondary N) is 1. The number of hydrogen-bond donors (Lipinski definition) is 1. The first-order valence-electron chi connectivity index (χ1n) is 10.5. The second-order valence-electron chi connectivity index (χ2n) is 7.84. The molecule has 1 aliphatic heterocycles. The highest BCUT2D eigenvalue weighted by molar-refractivity contribution is 6.32. The van der Waals surface area contributed by atoms with Crippen LogP contribution in [0.25, 0.3) is 6.08 Å². The van der Waals surface area contributed by atoms with Crippen LogP contribution in [0.15, 0.2) is 54.3 Å². The number of benzene rings is 2. The van der Waals surface area contributed by atoms with Crippen LogP contribution in [0.3, 0.4) is 0 Å². The zero-order valence-electron chi connectivity index (χ0n) is 17.0. The van der Waals surface area contributed by atoms with Crippen LogP contribution in [0, 0.1) is 0 Å². The maximum atomic E-state index is 13.2. The molecule has 0 aromatic heterocycles. The van der Waals surface area contributed by atoms with Gasteiger partial charge >= 0.3 is 0 Å². The van der Waals surface area contributed by atoms with Crippen molar-refractivity contribution in [3.8, 4) is 0 Å². The van der Waals surface area contributed by atoms with E-state index in [-0.39, 0.29) is 36.3 Å². The van der Waals surface area contributed by atoms with E-state index in [9.17, 15) is 9.59 Å². The number of hydrogen-bond acceptors (Lipinski definition) is 3. The Morgan fingerprint density at radius 3 is 2.55 bits per heavy atom. The number of carbonyl (C=O) groups is 2. The van der Waals surface area contributed by atoms with Gasteiger partial charge in [-0.3, -0.25) is 9.59 Å². The fourth-order valence-electron chi connectivity index (χ4n) is 4.14. The maximum Gasteiger partial charge on any atom is 0.289 e. The Morgan fingerprint density at radius 1 is 1.06 bits per heavy atom. The van der Waals surface area contributed by atoms with Gasteiger partial charge in [-0.2, -0.15) is 0 Å². The lowest BCUT2D eigenvalue weighted by Gasteiger charge is -2.44. The average Bonchev–Trinajstić information content (AvgIpc) is 2.77. The second kappa shape index (κ2) is 9.75. The van der Waals surface area contributed by atoms with Crippen molar-refractivity contribution < 1.29 is 14.3 Å². The number of ether oxygens (including phenoxy) is 1. The van der Waals surface area contributed by atoms with Gasteiger partial charge in [0.1, 0.15) is 12.6 Å². The first-order valence-corrected chi connectivity index (χ1v) is 11.2. The Balaban J connectivity index is 1.51. The minimum atomic E-state index is -0.282. The van der Waals surface area contributed by atoms with Crippen LogP contribution in [0.5, 0.6) is 0 Å². The van der Waals surface area contributed by atoms with Gasteiger partial charge in [0.15, 0.2) is 5.76 Å². The quantitative estimate of drug-likeness (QED) is 0.653. The van der Waals surface area contributed by atoms with Crippen LogP contribution < -0.4 is 5.32 Å². The summed E-state index contributed by atoms with van der Waals surface area (Å²) in [5.41, 5.74) is 1.55. The van der Waals surface area contributed by atoms with E-state index in [1.165, 1.54) is 0 Å². The zero-order chi connectivity index (χ0) is 21.8. The molecule has 1 aliphatic carbocycles. The van der Waals surface area contributed by atoms with Crippen molar-refractivity contribution in [2.24, 2.45) is 0 Å². The van der Waals surface area contributed by atoms with Crippen molar-refractivity contribution >= 4 is 41.1 Å². The molecule has 1 saturated carbocycles. The monoisotopic (exact) mass is 458 g/mol. The molecule has 2 aliphatic rings. The maximum absolute atomic E-state index is 13.2. The molecule has 2 atom stereocenters. The van der Waals surface area contributed by atoms with Crippen molar-refractivity contribution in [1.82, 2.24) is 10.2 Å². The molecular weight excluding hydrogens is 435 g/mol. The topological polar surface area (TPSA) is 58.6 Å². The summed E-state index contributed by atoms with van der Waals surface area (Å²) in [4.78, 5) is 27.6. The number of rotatable bonds is 5. The minimum Gasteiger partial charge on any atom is -0.482 e. The van der Waals surface area contributed by atoms with Gasteiger partial charge in [-0.25, -0.2) is 0 Å². The Kier molecular flexibility index (Phi) is 6.83. The summed E-state index contributed by atoms with van der Waals surface area (Å²) in [6.45, 7) is 0.293. The van der Waals surface area contributed by atoms with Gasteiger partial charge in [0, 0.05) is 16.6 Å². The van der Waals surface area contributed by atoms with Gasteiger partial charge < -0.3 is 15.0 Å². The molecule has 2 amide bonds. The molecule has 2 aromatic carbocycles. The van der Waals surface area contributed by atoms with Gasteiger partial charge in [-0.15, -0.1) is 0 Å². The third kappa shape index (κ3) is 5.05. The van der Waals surface area contributed by atoms with Crippen molar-refractivity contribution in [2.45, 2.75) is 44.4 Å². The molecule has 7 heteroatoms. The largest absolute Gasteiger partial charge is 0.482 e. The van der Waals surface area contributed by atoms with Gasteiger partial charge in [0.2, 0.25) is 5.91 Å². The molecule has 0 bridgehead atoms. The fourth-order valence-corrected chi connectivity index (χ4v) is 4.53. The number of fused-ring (bicyclic) bond motifs is 1. The molecule has 5 nitrogen and oxygen atoms in total. The van der Waals surface area contributed by atoms with Crippen LogP contribution in [-0.4, -0.2) is 35.4 Å². The highest BCUT2D eigenvalue weighted by Crippen LogP contribution is 2.33. The molecular formula is C24H24Cl2N2O3. The standard InChI is InChI=1S/C24H24Cl2N2O3/c25-18-9-3-1-7-16(18)13-22-24(30)28(20-11-5-6-12-21(20)31-22)15-23(29)27-14-17-8-2-4-10-19(17)26/h1-4,7-10,13,20-21H,5-6,11-12,14-15H2,(H,27,29)/b22-13+. The lowest BCUT2D eigenvalue weighted by molar-refractivity contribution is -0.151. The molecule has 31 heavy (non-hydrogen) atoms. The zero-order valence-corrected chi connectivity index (χ0v) is 18.5. The van der Waals surface area contributed by atoms with Gasteiger partial charge in [-0.1, -0.05) is 66.0 Å². The third-order valence-electron chi connectivity index (χ3n) is 5.76. The molecule has 0 spiro atoms. The predicted molar refractivity (Wildman–Crippen MR) is 122 cm³/mol. The Hall–Kier alpha value is -2.50. The summed E-state index contributed by atoms with van der Waals surface area (Å²) in [5, 5.41) is 4.02. The summed E-state index contributed by atoms with van der Waals surface area (Å²) in [6, 6.07) is 14.6. The summed E-state index contributed by atoms with van der Waals surface area (Å²) in [7, 11) is 0. The van der Waals surface area contributed by atoms with E-state index < -0.39 is 0 Å². The molecule has 2 aromatic rings. The summed E-state index contributed by atoms with van der Waals surface area (Å²) in [6.07, 6.45) is 5.30. The lowest BCUT2D eigenvalue weighted by Crippen LogP contribution is -2.57. The smallest absolute Gasteiger partial charge is 0.289 e. The Morgan fingerprint density at radius 2 is 1.77 bits per heavy atom. The first kappa shape index (κ1) is 21.7. The third-order valence-corrected chi connectivity index (χ3v) is 6.47. The second-order valence-corrected chi connectivity index (χ2v) is 8.65.